The van der Waals surface area contributed by atoms with Gasteiger partial charge in [0.15, 0.2) is 0 Å². The molecular formula is C11H4Cl4IN. The number of hydrogen-bond donors (Lipinski definition) is 0. The molecule has 0 saturated carbocycles. The lowest BCUT2D eigenvalue weighted by Crippen LogP contribution is -1.87. The van der Waals surface area contributed by atoms with E-state index in [1.54, 1.807) is 18.3 Å². The van der Waals surface area contributed by atoms with Crippen LogP contribution in [0.4, 0.5) is 0 Å². The van der Waals surface area contributed by atoms with Crippen LogP contribution in [0.3, 0.4) is 0 Å². The maximum Gasteiger partial charge on any atom is 0.136 e. The van der Waals surface area contributed by atoms with Crippen molar-refractivity contribution in [2.45, 2.75) is 0 Å². The van der Waals surface area contributed by atoms with Gasteiger partial charge in [-0.1, -0.05) is 46.4 Å². The molecule has 0 radical (unpaired) electrons. The Labute approximate surface area is 132 Å². The molecule has 0 spiro atoms. The zero-order valence-corrected chi connectivity index (χ0v) is 13.3. The molecule has 6 heteroatoms. The van der Waals surface area contributed by atoms with E-state index in [2.05, 4.69) is 27.6 Å². The highest BCUT2D eigenvalue weighted by molar-refractivity contribution is 14.1. The highest BCUT2D eigenvalue weighted by Gasteiger charge is 2.12. The average Bonchev–Trinajstić information content (AvgIpc) is 2.27. The van der Waals surface area contributed by atoms with Crippen molar-refractivity contribution in [3.8, 4) is 11.1 Å². The van der Waals surface area contributed by atoms with Gasteiger partial charge in [-0.05, 0) is 40.8 Å². The Morgan fingerprint density at radius 1 is 0.824 bits per heavy atom. The first-order valence-corrected chi connectivity index (χ1v) is 7.04. The topological polar surface area (TPSA) is 12.9 Å². The predicted molar refractivity (Wildman–Crippen MR) is 82.4 cm³/mol. The van der Waals surface area contributed by atoms with E-state index in [9.17, 15) is 0 Å². The van der Waals surface area contributed by atoms with Gasteiger partial charge in [-0.2, -0.15) is 0 Å². The Morgan fingerprint density at radius 3 is 2.18 bits per heavy atom. The van der Waals surface area contributed by atoms with Crippen molar-refractivity contribution in [2.24, 2.45) is 0 Å². The van der Waals surface area contributed by atoms with Crippen molar-refractivity contribution >= 4 is 69.0 Å². The molecule has 88 valence electrons. The van der Waals surface area contributed by atoms with Crippen molar-refractivity contribution in [3.63, 3.8) is 0 Å². The molecule has 0 bridgehead atoms. The zero-order chi connectivity index (χ0) is 12.6. The fraction of sp³-hybridized carbons (Fsp3) is 0. The Hall–Kier alpha value is 0.260. The van der Waals surface area contributed by atoms with E-state index in [1.807, 2.05) is 6.07 Å². The Morgan fingerprint density at radius 2 is 1.47 bits per heavy atom. The maximum atomic E-state index is 6.13. The van der Waals surface area contributed by atoms with Crippen LogP contribution >= 0.6 is 69.0 Å². The summed E-state index contributed by atoms with van der Waals surface area (Å²) in [6, 6.07) is 5.17. The molecule has 0 saturated heterocycles. The van der Waals surface area contributed by atoms with Crippen LogP contribution in [-0.4, -0.2) is 4.98 Å². The van der Waals surface area contributed by atoms with Crippen molar-refractivity contribution in [1.82, 2.24) is 4.98 Å². The van der Waals surface area contributed by atoms with Gasteiger partial charge in [0.1, 0.15) is 5.15 Å². The fourth-order valence-electron chi connectivity index (χ4n) is 1.34. The Bertz CT molecular complexity index is 586. The molecule has 0 aliphatic rings. The van der Waals surface area contributed by atoms with Crippen LogP contribution in [0.5, 0.6) is 0 Å². The molecule has 0 aliphatic carbocycles. The Balaban J connectivity index is 2.68. The van der Waals surface area contributed by atoms with Crippen LogP contribution in [0.1, 0.15) is 0 Å². The number of rotatable bonds is 1. The summed E-state index contributed by atoms with van der Waals surface area (Å²) in [6.07, 6.45) is 1.68. The number of halogens is 5. The summed E-state index contributed by atoms with van der Waals surface area (Å²) in [5.41, 5.74) is 1.46. The number of aromatic nitrogens is 1. The molecule has 0 fully saturated rings. The lowest BCUT2D eigenvalue weighted by molar-refractivity contribution is 1.31. The van der Waals surface area contributed by atoms with Gasteiger partial charge in [0.25, 0.3) is 0 Å². The van der Waals surface area contributed by atoms with Crippen LogP contribution in [0, 0.1) is 3.57 Å². The first-order valence-electron chi connectivity index (χ1n) is 4.45. The van der Waals surface area contributed by atoms with Gasteiger partial charge < -0.3 is 0 Å². The SMILES string of the molecule is Clc1cc(Cl)c(-c2cc(I)cnc2Cl)cc1Cl. The molecule has 1 aromatic carbocycles. The van der Waals surface area contributed by atoms with Crippen LogP contribution in [0.25, 0.3) is 11.1 Å². The minimum Gasteiger partial charge on any atom is -0.243 e. The summed E-state index contributed by atoms with van der Waals surface area (Å²) in [5, 5.41) is 1.71. The van der Waals surface area contributed by atoms with E-state index in [0.717, 1.165) is 14.7 Å². The second-order valence-corrected chi connectivity index (χ2v) is 6.06. The zero-order valence-electron chi connectivity index (χ0n) is 8.15. The molecule has 0 amide bonds. The van der Waals surface area contributed by atoms with Gasteiger partial charge in [0.05, 0.1) is 15.1 Å². The third-order valence-corrected chi connectivity index (χ3v) is 4.03. The quantitative estimate of drug-likeness (QED) is 0.316. The lowest BCUT2D eigenvalue weighted by Gasteiger charge is -2.08. The monoisotopic (exact) mass is 417 g/mol. The van der Waals surface area contributed by atoms with Crippen molar-refractivity contribution in [1.29, 1.82) is 0 Å². The first kappa shape index (κ1) is 13.7. The fourth-order valence-corrected chi connectivity index (χ4v) is 2.64. The second kappa shape index (κ2) is 5.49. The molecule has 17 heavy (non-hydrogen) atoms. The highest BCUT2D eigenvalue weighted by Crippen LogP contribution is 2.37. The molecule has 1 aromatic heterocycles. The maximum absolute atomic E-state index is 6.13. The smallest absolute Gasteiger partial charge is 0.136 e. The molecule has 1 heterocycles. The van der Waals surface area contributed by atoms with Crippen molar-refractivity contribution in [2.75, 3.05) is 0 Å². The summed E-state index contributed by atoms with van der Waals surface area (Å²) in [7, 11) is 0. The van der Waals surface area contributed by atoms with E-state index in [4.69, 9.17) is 46.4 Å². The first-order chi connectivity index (χ1) is 7.99. The molecule has 0 aliphatic heterocycles. The summed E-state index contributed by atoms with van der Waals surface area (Å²) in [6.45, 7) is 0. The highest BCUT2D eigenvalue weighted by atomic mass is 127. The summed E-state index contributed by atoms with van der Waals surface area (Å²) < 4.78 is 0.962. The van der Waals surface area contributed by atoms with E-state index in [1.165, 1.54) is 0 Å². The van der Waals surface area contributed by atoms with Crippen LogP contribution in [0.15, 0.2) is 24.4 Å². The van der Waals surface area contributed by atoms with Gasteiger partial charge in [-0.3, -0.25) is 0 Å². The summed E-state index contributed by atoms with van der Waals surface area (Å²) in [4.78, 5) is 4.07. The molecule has 0 atom stereocenters. The van der Waals surface area contributed by atoms with Gasteiger partial charge in [-0.15, -0.1) is 0 Å². The predicted octanol–water partition coefficient (Wildman–Crippen LogP) is 5.97. The number of nitrogens with zero attached hydrogens (tertiary/aromatic N) is 1. The van der Waals surface area contributed by atoms with Crippen molar-refractivity contribution in [3.05, 3.63) is 48.2 Å². The number of benzene rings is 1. The molecular weight excluding hydrogens is 415 g/mol. The normalized spacial score (nSPS) is 10.6. The average molecular weight is 419 g/mol. The minimum absolute atomic E-state index is 0.380. The van der Waals surface area contributed by atoms with Gasteiger partial charge in [-0.25, -0.2) is 4.98 Å². The van der Waals surface area contributed by atoms with Crippen LogP contribution < -0.4 is 0 Å². The number of hydrogen-bond acceptors (Lipinski definition) is 1. The van der Waals surface area contributed by atoms with E-state index in [0.29, 0.717) is 20.2 Å². The molecule has 0 N–H and O–H groups in total. The third-order valence-electron chi connectivity index (χ3n) is 2.11. The van der Waals surface area contributed by atoms with Gasteiger partial charge >= 0.3 is 0 Å². The van der Waals surface area contributed by atoms with E-state index >= 15 is 0 Å². The van der Waals surface area contributed by atoms with Crippen molar-refractivity contribution < 1.29 is 0 Å². The molecule has 1 nitrogen and oxygen atoms in total. The summed E-state index contributed by atoms with van der Waals surface area (Å²) >= 11 is 26.2. The second-order valence-electron chi connectivity index (χ2n) is 3.24. The van der Waals surface area contributed by atoms with E-state index in [-0.39, 0.29) is 0 Å². The van der Waals surface area contributed by atoms with Gasteiger partial charge in [0, 0.05) is 20.9 Å². The largest absolute Gasteiger partial charge is 0.243 e. The van der Waals surface area contributed by atoms with E-state index < -0.39 is 0 Å². The molecule has 0 unspecified atom stereocenters. The summed E-state index contributed by atoms with van der Waals surface area (Å²) in [5.74, 6) is 0. The minimum atomic E-state index is 0.380. The van der Waals surface area contributed by atoms with Crippen LogP contribution in [-0.2, 0) is 0 Å². The van der Waals surface area contributed by atoms with Crippen LogP contribution in [0.2, 0.25) is 20.2 Å². The number of pyridine rings is 1. The molecule has 2 aromatic rings. The Kier molecular flexibility index (Phi) is 4.42. The standard InChI is InChI=1S/C11H4Cl4IN/c12-8-3-10(14)9(13)2-6(8)7-1-5(16)4-17-11(7)15/h1-4H. The molecule has 2 rings (SSSR count). The third kappa shape index (κ3) is 2.99. The lowest BCUT2D eigenvalue weighted by atomic mass is 10.1. The van der Waals surface area contributed by atoms with Gasteiger partial charge in [0.2, 0.25) is 0 Å².